The second kappa shape index (κ2) is 9.27. The molecule has 4 bridgehead atoms. The number of hydrogen-bond acceptors (Lipinski definition) is 4. The zero-order chi connectivity index (χ0) is 20.2. The zero-order valence-electron chi connectivity index (χ0n) is 16.6. The fourth-order valence-electron chi connectivity index (χ4n) is 5.38. The van der Waals surface area contributed by atoms with E-state index in [1.807, 2.05) is 0 Å². The van der Waals surface area contributed by atoms with Gasteiger partial charge in [0.1, 0.15) is 0 Å². The Bertz CT molecular complexity index is 499. The largest absolute Gasteiger partial charge is 0.458 e. The monoisotopic (exact) mass is 409 g/mol. The molecule has 0 saturated heterocycles. The van der Waals surface area contributed by atoms with Crippen molar-refractivity contribution < 1.29 is 27.1 Å². The van der Waals surface area contributed by atoms with Crippen molar-refractivity contribution in [3.8, 4) is 0 Å². The summed E-state index contributed by atoms with van der Waals surface area (Å²) in [5.41, 5.74) is -0.609. The first-order chi connectivity index (χ1) is 12.7. The summed E-state index contributed by atoms with van der Waals surface area (Å²) in [6.45, 7) is 8.82. The van der Waals surface area contributed by atoms with E-state index in [2.05, 4.69) is 25.7 Å². The van der Waals surface area contributed by atoms with Crippen molar-refractivity contribution in [2.45, 2.75) is 64.6 Å². The van der Waals surface area contributed by atoms with Gasteiger partial charge in [-0.1, -0.05) is 20.8 Å². The Kier molecular flexibility index (Phi) is 7.78. The van der Waals surface area contributed by atoms with E-state index in [0.29, 0.717) is 17.8 Å². The van der Waals surface area contributed by atoms with Gasteiger partial charge in [0.15, 0.2) is 6.61 Å². The number of carbonyl (C=O) groups is 1. The van der Waals surface area contributed by atoms with E-state index in [4.69, 9.17) is 9.29 Å². The van der Waals surface area contributed by atoms with Crippen molar-refractivity contribution in [3.63, 3.8) is 0 Å². The van der Waals surface area contributed by atoms with Crippen LogP contribution in [0.25, 0.3) is 0 Å². The molecule has 0 aromatic rings. The van der Waals surface area contributed by atoms with Gasteiger partial charge in [0, 0.05) is 0 Å². The Balaban J connectivity index is 0.000000321. The predicted molar refractivity (Wildman–Crippen MR) is 101 cm³/mol. The third-order valence-corrected chi connectivity index (χ3v) is 7.07. The Hall–Kier alpha value is -0.600. The maximum Gasteiger partial charge on any atom is 0.378 e. The van der Waals surface area contributed by atoms with E-state index >= 15 is 0 Å². The Morgan fingerprint density at radius 1 is 1.07 bits per heavy atom. The highest BCUT2D eigenvalue weighted by molar-refractivity contribution is 7.80. The van der Waals surface area contributed by atoms with Crippen LogP contribution >= 0.6 is 0 Å². The molecule has 1 unspecified atom stereocenters. The minimum atomic E-state index is -3.89. The molecule has 0 amide bonds. The van der Waals surface area contributed by atoms with Crippen molar-refractivity contribution in [2.75, 3.05) is 26.2 Å². The van der Waals surface area contributed by atoms with Crippen LogP contribution in [-0.4, -0.2) is 51.1 Å². The molecule has 4 aliphatic carbocycles. The maximum atomic E-state index is 13.1. The van der Waals surface area contributed by atoms with Crippen LogP contribution in [0, 0.1) is 23.2 Å². The first-order valence-electron chi connectivity index (χ1n) is 10.0. The average molecular weight is 410 g/mol. The highest BCUT2D eigenvalue weighted by atomic mass is 32.2. The van der Waals surface area contributed by atoms with Gasteiger partial charge in [0.2, 0.25) is 11.1 Å². The highest BCUT2D eigenvalue weighted by Crippen LogP contribution is 2.60. The van der Waals surface area contributed by atoms with Crippen molar-refractivity contribution >= 4 is 17.0 Å². The maximum absolute atomic E-state index is 13.1. The lowest BCUT2D eigenvalue weighted by atomic mass is 9.49. The Morgan fingerprint density at radius 3 is 1.78 bits per heavy atom. The van der Waals surface area contributed by atoms with Crippen LogP contribution in [0.3, 0.4) is 0 Å². The van der Waals surface area contributed by atoms with E-state index < -0.39 is 34.3 Å². The van der Waals surface area contributed by atoms with E-state index in [1.54, 1.807) is 0 Å². The van der Waals surface area contributed by atoms with Crippen molar-refractivity contribution in [1.82, 2.24) is 4.90 Å². The second-order valence-electron chi connectivity index (χ2n) is 8.28. The molecule has 5 nitrogen and oxygen atoms in total. The van der Waals surface area contributed by atoms with Gasteiger partial charge in [0.05, 0.1) is 5.41 Å². The molecule has 0 aromatic heterocycles. The lowest BCUT2D eigenvalue weighted by Gasteiger charge is -2.55. The van der Waals surface area contributed by atoms with Crippen molar-refractivity contribution in [2.24, 2.45) is 23.2 Å². The molecule has 4 aliphatic rings. The molecular weight excluding hydrogens is 376 g/mol. The van der Waals surface area contributed by atoms with Crippen LogP contribution in [0.15, 0.2) is 0 Å². The number of hydrogen-bond donors (Lipinski definition) is 1. The van der Waals surface area contributed by atoms with Crippen LogP contribution < -0.4 is 0 Å². The third-order valence-electron chi connectivity index (χ3n) is 6.44. The average Bonchev–Trinajstić information content (AvgIpc) is 2.60. The standard InChI is InChI=1S/C13H18F2O4S.C6H15N/c14-13(15,20(17)18)7-19-11(16)12-4-8-1-9(5-12)3-10(2-8)6-12;1-4-7(5-2)6-3/h8-10H,1-7H2,(H,17,18);4-6H2,1-3H3. The molecule has 8 heteroatoms. The molecule has 1 atom stereocenters. The minimum absolute atomic E-state index is 0.515. The van der Waals surface area contributed by atoms with Crippen LogP contribution in [0.2, 0.25) is 0 Å². The van der Waals surface area contributed by atoms with Crippen LogP contribution in [0.1, 0.15) is 59.3 Å². The lowest BCUT2D eigenvalue weighted by Crippen LogP contribution is -2.51. The van der Waals surface area contributed by atoms with Gasteiger partial charge in [-0.3, -0.25) is 4.79 Å². The molecule has 27 heavy (non-hydrogen) atoms. The molecular formula is C19H33F2NO4S. The SMILES string of the molecule is CCN(CC)CC.O=C(OCC(F)(F)S(=O)O)C12CC3CC(CC(C3)C1)C2. The lowest BCUT2D eigenvalue weighted by molar-refractivity contribution is -0.176. The van der Waals surface area contributed by atoms with Crippen molar-refractivity contribution in [3.05, 3.63) is 0 Å². The van der Waals surface area contributed by atoms with Gasteiger partial charge in [-0.05, 0) is 75.9 Å². The van der Waals surface area contributed by atoms with E-state index in [9.17, 15) is 17.8 Å². The van der Waals surface area contributed by atoms with Crippen LogP contribution in [-0.2, 0) is 20.6 Å². The summed E-state index contributed by atoms with van der Waals surface area (Å²) in [5.74, 6) is 0.950. The third kappa shape index (κ3) is 5.48. The zero-order valence-corrected chi connectivity index (χ0v) is 17.4. The topological polar surface area (TPSA) is 66.8 Å². The van der Waals surface area contributed by atoms with Gasteiger partial charge in [-0.2, -0.15) is 8.78 Å². The molecule has 4 fully saturated rings. The van der Waals surface area contributed by atoms with E-state index in [-0.39, 0.29) is 0 Å². The Labute approximate surface area is 163 Å². The number of ether oxygens (including phenoxy) is 1. The number of rotatable bonds is 7. The molecule has 1 N–H and O–H groups in total. The van der Waals surface area contributed by atoms with Gasteiger partial charge in [0.25, 0.3) is 0 Å². The first-order valence-corrected chi connectivity index (χ1v) is 11.1. The molecule has 0 aromatic carbocycles. The van der Waals surface area contributed by atoms with Crippen LogP contribution in [0.4, 0.5) is 8.78 Å². The van der Waals surface area contributed by atoms with Gasteiger partial charge < -0.3 is 14.2 Å². The summed E-state index contributed by atoms with van der Waals surface area (Å²) < 4.78 is 49.7. The molecule has 0 aliphatic heterocycles. The molecule has 0 radical (unpaired) electrons. The highest BCUT2D eigenvalue weighted by Gasteiger charge is 2.56. The summed E-state index contributed by atoms with van der Waals surface area (Å²) in [6.07, 6.45) is 5.61. The van der Waals surface area contributed by atoms with E-state index in [1.165, 1.54) is 19.6 Å². The first kappa shape index (κ1) is 22.7. The van der Waals surface area contributed by atoms with Crippen LogP contribution in [0.5, 0.6) is 0 Å². The minimum Gasteiger partial charge on any atom is -0.458 e. The predicted octanol–water partition coefficient (Wildman–Crippen LogP) is 3.91. The molecule has 4 rings (SSSR count). The fourth-order valence-corrected chi connectivity index (χ4v) is 5.54. The smallest absolute Gasteiger partial charge is 0.378 e. The number of carbonyl (C=O) groups excluding carboxylic acids is 1. The molecule has 4 saturated carbocycles. The van der Waals surface area contributed by atoms with Gasteiger partial charge in [-0.15, -0.1) is 0 Å². The summed E-state index contributed by atoms with van der Waals surface area (Å²) in [4.78, 5) is 14.6. The number of halogens is 2. The van der Waals surface area contributed by atoms with E-state index in [0.717, 1.165) is 38.5 Å². The van der Waals surface area contributed by atoms with Crippen molar-refractivity contribution in [1.29, 1.82) is 0 Å². The van der Waals surface area contributed by atoms with Gasteiger partial charge >= 0.3 is 11.2 Å². The normalized spacial score (nSPS) is 32.8. The number of esters is 1. The fraction of sp³-hybridized carbons (Fsp3) is 0.947. The summed E-state index contributed by atoms with van der Waals surface area (Å²) in [7, 11) is 0. The number of alkyl halides is 2. The summed E-state index contributed by atoms with van der Waals surface area (Å²) in [6, 6.07) is 0. The quantitative estimate of drug-likeness (QED) is 0.510. The van der Waals surface area contributed by atoms with Gasteiger partial charge in [-0.25, -0.2) is 4.21 Å². The molecule has 158 valence electrons. The molecule has 0 spiro atoms. The summed E-state index contributed by atoms with van der Waals surface area (Å²) in [5, 5.41) is -3.89. The molecule has 0 heterocycles. The number of nitrogens with zero attached hydrogens (tertiary/aromatic N) is 1. The Morgan fingerprint density at radius 2 is 1.48 bits per heavy atom. The second-order valence-corrected chi connectivity index (χ2v) is 9.38. The summed E-state index contributed by atoms with van der Waals surface area (Å²) >= 11 is -3.31.